The lowest BCUT2D eigenvalue weighted by atomic mass is 10.0. The van der Waals surface area contributed by atoms with E-state index in [1.807, 2.05) is 6.92 Å². The zero-order valence-electron chi connectivity index (χ0n) is 10.00. The molecule has 1 aromatic rings. The number of ketones is 1. The molecule has 0 heterocycles. The Labute approximate surface area is 105 Å². The highest BCUT2D eigenvalue weighted by Crippen LogP contribution is 2.25. The molecule has 4 N–H and O–H groups in total. The van der Waals surface area contributed by atoms with Crippen LogP contribution in [0.15, 0.2) is 52.4 Å². The summed E-state index contributed by atoms with van der Waals surface area (Å²) in [5.74, 6) is -0.0892. The van der Waals surface area contributed by atoms with Gasteiger partial charge >= 0.3 is 0 Å². The van der Waals surface area contributed by atoms with Crippen LogP contribution in [-0.2, 0) is 4.79 Å². The summed E-state index contributed by atoms with van der Waals surface area (Å²) in [5.41, 5.74) is 13.6. The molecule has 1 aromatic carbocycles. The van der Waals surface area contributed by atoms with Gasteiger partial charge in [0.2, 0.25) is 0 Å². The van der Waals surface area contributed by atoms with E-state index < -0.39 is 0 Å². The average molecular weight is 242 g/mol. The Morgan fingerprint density at radius 1 is 1.17 bits per heavy atom. The lowest BCUT2D eigenvalue weighted by Gasteiger charge is -2.07. The molecule has 5 nitrogen and oxygen atoms in total. The van der Waals surface area contributed by atoms with Crippen molar-refractivity contribution >= 4 is 22.8 Å². The Hall–Kier alpha value is -2.43. The maximum atomic E-state index is 11.3. The van der Waals surface area contributed by atoms with Crippen molar-refractivity contribution in [3.05, 3.63) is 42.1 Å². The van der Waals surface area contributed by atoms with E-state index in [1.165, 1.54) is 6.08 Å². The van der Waals surface area contributed by atoms with Crippen molar-refractivity contribution in [1.29, 1.82) is 0 Å². The molecular weight excluding hydrogens is 228 g/mol. The van der Waals surface area contributed by atoms with Crippen molar-refractivity contribution in [2.24, 2.45) is 16.1 Å². The summed E-state index contributed by atoms with van der Waals surface area (Å²) in [6.45, 7) is 1.82. The van der Waals surface area contributed by atoms with Gasteiger partial charge in [0.1, 0.15) is 5.69 Å². The first kappa shape index (κ1) is 12.0. The van der Waals surface area contributed by atoms with Crippen LogP contribution in [0.2, 0.25) is 0 Å². The molecule has 1 aliphatic rings. The van der Waals surface area contributed by atoms with Crippen LogP contribution in [-0.4, -0.2) is 5.78 Å². The number of azo groups is 1. The Morgan fingerprint density at radius 3 is 2.61 bits per heavy atom. The van der Waals surface area contributed by atoms with Gasteiger partial charge in [-0.3, -0.25) is 4.79 Å². The summed E-state index contributed by atoms with van der Waals surface area (Å²) < 4.78 is 0. The van der Waals surface area contributed by atoms with Crippen LogP contribution in [0, 0.1) is 5.92 Å². The highest BCUT2D eigenvalue weighted by atomic mass is 16.1. The number of hydrogen-bond donors (Lipinski definition) is 2. The van der Waals surface area contributed by atoms with E-state index in [2.05, 4.69) is 10.2 Å². The lowest BCUT2D eigenvalue weighted by molar-refractivity contribution is -0.116. The standard InChI is InChI=1S/C13H14N4O/c1-8-6-10(3-5-13(8)18)16-17-12-4-2-9(14)7-11(12)15/h2-8H,14-15H2,1H3. The number of benzene rings is 1. The zero-order valence-corrected chi connectivity index (χ0v) is 10.00. The van der Waals surface area contributed by atoms with Gasteiger partial charge in [-0.1, -0.05) is 6.92 Å². The van der Waals surface area contributed by atoms with Crippen LogP contribution in [0.5, 0.6) is 0 Å². The molecule has 0 saturated heterocycles. The molecule has 1 aliphatic carbocycles. The summed E-state index contributed by atoms with van der Waals surface area (Å²) >= 11 is 0. The number of rotatable bonds is 2. The molecule has 18 heavy (non-hydrogen) atoms. The van der Waals surface area contributed by atoms with Gasteiger partial charge < -0.3 is 11.5 Å². The van der Waals surface area contributed by atoms with Crippen molar-refractivity contribution < 1.29 is 4.79 Å². The molecule has 0 spiro atoms. The highest BCUT2D eigenvalue weighted by Gasteiger charge is 2.12. The molecule has 1 unspecified atom stereocenters. The van der Waals surface area contributed by atoms with Crippen LogP contribution in [0.1, 0.15) is 6.92 Å². The third kappa shape index (κ3) is 2.63. The minimum atomic E-state index is -0.160. The number of allylic oxidation sites excluding steroid dienone is 3. The Kier molecular flexibility index (Phi) is 3.23. The topological polar surface area (TPSA) is 93.8 Å². The molecule has 2 rings (SSSR count). The fourth-order valence-electron chi connectivity index (χ4n) is 1.56. The van der Waals surface area contributed by atoms with Crippen LogP contribution in [0.25, 0.3) is 0 Å². The van der Waals surface area contributed by atoms with Gasteiger partial charge in [-0.25, -0.2) is 0 Å². The number of carbonyl (C=O) groups is 1. The Morgan fingerprint density at radius 2 is 1.94 bits per heavy atom. The minimum absolute atomic E-state index is 0.0703. The van der Waals surface area contributed by atoms with E-state index >= 15 is 0 Å². The predicted molar refractivity (Wildman–Crippen MR) is 71.2 cm³/mol. The van der Waals surface area contributed by atoms with Gasteiger partial charge in [-0.05, 0) is 36.4 Å². The normalized spacial score (nSPS) is 19.3. The lowest BCUT2D eigenvalue weighted by Crippen LogP contribution is -2.08. The first-order valence-corrected chi connectivity index (χ1v) is 5.57. The molecule has 5 heteroatoms. The molecule has 0 amide bonds. The van der Waals surface area contributed by atoms with Crippen LogP contribution < -0.4 is 11.5 Å². The predicted octanol–water partition coefficient (Wildman–Crippen LogP) is 2.59. The summed E-state index contributed by atoms with van der Waals surface area (Å²) in [6, 6.07) is 5.05. The SMILES string of the molecule is CC1C=C(N=Nc2ccc(N)cc2N)C=CC1=O. The van der Waals surface area contributed by atoms with Crippen molar-refractivity contribution in [3.8, 4) is 0 Å². The number of nitrogens with two attached hydrogens (primary N) is 2. The maximum Gasteiger partial charge on any atom is 0.162 e. The van der Waals surface area contributed by atoms with Crippen molar-refractivity contribution in [2.75, 3.05) is 11.5 Å². The van der Waals surface area contributed by atoms with Crippen LogP contribution in [0.4, 0.5) is 17.1 Å². The molecule has 0 bridgehead atoms. The third-order valence-corrected chi connectivity index (χ3v) is 2.61. The smallest absolute Gasteiger partial charge is 0.162 e. The van der Waals surface area contributed by atoms with Crippen LogP contribution >= 0.6 is 0 Å². The summed E-state index contributed by atoms with van der Waals surface area (Å²) in [4.78, 5) is 11.3. The van der Waals surface area contributed by atoms with Gasteiger partial charge in [0, 0.05) is 11.6 Å². The number of nitrogen functional groups attached to an aromatic ring is 2. The van der Waals surface area contributed by atoms with E-state index in [0.717, 1.165) is 0 Å². The van der Waals surface area contributed by atoms with E-state index in [4.69, 9.17) is 11.5 Å². The summed E-state index contributed by atoms with van der Waals surface area (Å²) in [7, 11) is 0. The van der Waals surface area contributed by atoms with E-state index in [0.29, 0.717) is 22.8 Å². The van der Waals surface area contributed by atoms with E-state index in [1.54, 1.807) is 30.4 Å². The summed E-state index contributed by atoms with van der Waals surface area (Å²) in [6.07, 6.45) is 4.91. The third-order valence-electron chi connectivity index (χ3n) is 2.61. The molecule has 0 aliphatic heterocycles. The Bertz CT molecular complexity index is 572. The largest absolute Gasteiger partial charge is 0.399 e. The monoisotopic (exact) mass is 242 g/mol. The fraction of sp³-hybridized carbons (Fsp3) is 0.154. The first-order chi connectivity index (χ1) is 8.56. The molecule has 0 radical (unpaired) electrons. The number of nitrogens with zero attached hydrogens (tertiary/aromatic N) is 2. The molecule has 0 fully saturated rings. The Balaban J connectivity index is 2.19. The highest BCUT2D eigenvalue weighted by molar-refractivity contribution is 5.94. The quantitative estimate of drug-likeness (QED) is 0.616. The van der Waals surface area contributed by atoms with Crippen molar-refractivity contribution in [2.45, 2.75) is 6.92 Å². The average Bonchev–Trinajstić information content (AvgIpc) is 2.32. The minimum Gasteiger partial charge on any atom is -0.399 e. The number of anilines is 2. The van der Waals surface area contributed by atoms with Gasteiger partial charge in [0.15, 0.2) is 5.78 Å². The fourth-order valence-corrected chi connectivity index (χ4v) is 1.56. The van der Waals surface area contributed by atoms with Gasteiger partial charge in [0.25, 0.3) is 0 Å². The van der Waals surface area contributed by atoms with E-state index in [-0.39, 0.29) is 11.7 Å². The van der Waals surface area contributed by atoms with Crippen molar-refractivity contribution in [3.63, 3.8) is 0 Å². The second-order valence-corrected chi connectivity index (χ2v) is 4.13. The van der Waals surface area contributed by atoms with E-state index in [9.17, 15) is 4.79 Å². The summed E-state index contributed by atoms with van der Waals surface area (Å²) in [5, 5.41) is 8.10. The van der Waals surface area contributed by atoms with Crippen molar-refractivity contribution in [1.82, 2.24) is 0 Å². The molecule has 0 saturated carbocycles. The second-order valence-electron chi connectivity index (χ2n) is 4.13. The second kappa shape index (κ2) is 4.83. The molecule has 0 aromatic heterocycles. The number of hydrogen-bond acceptors (Lipinski definition) is 5. The molecule has 1 atom stereocenters. The number of carbonyl (C=O) groups excluding carboxylic acids is 1. The van der Waals surface area contributed by atoms with Gasteiger partial charge in [-0.2, -0.15) is 5.11 Å². The molecule has 92 valence electrons. The van der Waals surface area contributed by atoms with Gasteiger partial charge in [0.05, 0.1) is 11.4 Å². The maximum absolute atomic E-state index is 11.3. The molecular formula is C13H14N4O. The van der Waals surface area contributed by atoms with Gasteiger partial charge in [-0.15, -0.1) is 5.11 Å². The van der Waals surface area contributed by atoms with Crippen LogP contribution in [0.3, 0.4) is 0 Å². The first-order valence-electron chi connectivity index (χ1n) is 5.57. The zero-order chi connectivity index (χ0) is 13.1.